The average Bonchev–Trinajstić information content (AvgIpc) is 2.49. The van der Waals surface area contributed by atoms with E-state index >= 15 is 0 Å². The maximum atomic E-state index is 5.52. The Morgan fingerprint density at radius 1 is 1.14 bits per heavy atom. The van der Waals surface area contributed by atoms with Crippen molar-refractivity contribution in [1.29, 1.82) is 0 Å². The molecule has 0 aliphatic carbocycles. The summed E-state index contributed by atoms with van der Waals surface area (Å²) in [4.78, 5) is 0. The molecule has 1 unspecified atom stereocenters. The van der Waals surface area contributed by atoms with E-state index in [1.54, 1.807) is 7.11 Å². The summed E-state index contributed by atoms with van der Waals surface area (Å²) >= 11 is 3.56. The molecule has 0 heterocycles. The fourth-order valence-electron chi connectivity index (χ4n) is 2.48. The van der Waals surface area contributed by atoms with Crippen LogP contribution in [0.25, 0.3) is 0 Å². The van der Waals surface area contributed by atoms with Crippen LogP contribution in [-0.2, 0) is 6.42 Å². The monoisotopic (exact) mass is 347 g/mol. The van der Waals surface area contributed by atoms with Crippen molar-refractivity contribution < 1.29 is 4.74 Å². The van der Waals surface area contributed by atoms with Gasteiger partial charge in [0.2, 0.25) is 0 Å². The van der Waals surface area contributed by atoms with Gasteiger partial charge in [-0.25, -0.2) is 0 Å². The van der Waals surface area contributed by atoms with Crippen LogP contribution in [0, 0.1) is 6.92 Å². The largest absolute Gasteiger partial charge is 0.496 e. The minimum absolute atomic E-state index is 0.241. The van der Waals surface area contributed by atoms with Gasteiger partial charge < -0.3 is 10.1 Å². The molecule has 0 radical (unpaired) electrons. The molecule has 2 aromatic rings. The van der Waals surface area contributed by atoms with Gasteiger partial charge in [0.1, 0.15) is 5.75 Å². The Morgan fingerprint density at radius 2 is 1.86 bits per heavy atom. The van der Waals surface area contributed by atoms with Crippen LogP contribution in [0.1, 0.15) is 29.7 Å². The van der Waals surface area contributed by atoms with E-state index in [0.29, 0.717) is 0 Å². The van der Waals surface area contributed by atoms with Gasteiger partial charge >= 0.3 is 0 Å². The average molecular weight is 348 g/mol. The van der Waals surface area contributed by atoms with E-state index in [9.17, 15) is 0 Å². The Bertz CT molecular complexity index is 580. The summed E-state index contributed by atoms with van der Waals surface area (Å²) in [7, 11) is 1.72. The minimum Gasteiger partial charge on any atom is -0.496 e. The summed E-state index contributed by atoms with van der Waals surface area (Å²) < 4.78 is 6.60. The molecule has 0 aromatic heterocycles. The molecule has 0 aliphatic heterocycles. The van der Waals surface area contributed by atoms with Crippen LogP contribution in [0.3, 0.4) is 0 Å². The summed E-state index contributed by atoms with van der Waals surface area (Å²) in [5.74, 6) is 0.927. The van der Waals surface area contributed by atoms with Gasteiger partial charge in [-0.15, -0.1) is 0 Å². The zero-order valence-electron chi connectivity index (χ0n) is 12.8. The Balaban J connectivity index is 2.30. The van der Waals surface area contributed by atoms with E-state index in [2.05, 4.69) is 65.4 Å². The molecule has 1 N–H and O–H groups in total. The molecule has 0 aliphatic rings. The van der Waals surface area contributed by atoms with E-state index in [0.717, 1.165) is 23.2 Å². The Morgan fingerprint density at radius 3 is 2.48 bits per heavy atom. The fraction of sp³-hybridized carbons (Fsp3) is 0.333. The van der Waals surface area contributed by atoms with Crippen molar-refractivity contribution in [1.82, 2.24) is 5.32 Å². The number of methoxy groups -OCH3 is 1. The number of aryl methyl sites for hydroxylation is 1. The first-order chi connectivity index (χ1) is 10.1. The smallest absolute Gasteiger partial charge is 0.123 e. The zero-order chi connectivity index (χ0) is 15.2. The highest BCUT2D eigenvalue weighted by Gasteiger charge is 2.16. The van der Waals surface area contributed by atoms with Crippen LogP contribution in [0.4, 0.5) is 0 Å². The standard InChI is InChI=1S/C18H22BrNO/c1-4-20-17(11-14-7-5-13(2)6-8-14)16-12-15(19)9-10-18(16)21-3/h5-10,12,17,20H,4,11H2,1-3H3. The molecule has 112 valence electrons. The molecule has 0 amide bonds. The van der Waals surface area contributed by atoms with Crippen molar-refractivity contribution in [2.75, 3.05) is 13.7 Å². The second-order valence-corrected chi connectivity index (χ2v) is 6.10. The second-order valence-electron chi connectivity index (χ2n) is 5.19. The Labute approximate surface area is 135 Å². The number of ether oxygens (including phenoxy) is 1. The van der Waals surface area contributed by atoms with Crippen LogP contribution < -0.4 is 10.1 Å². The van der Waals surface area contributed by atoms with E-state index in [1.807, 2.05) is 12.1 Å². The van der Waals surface area contributed by atoms with Gasteiger partial charge in [0.05, 0.1) is 7.11 Å². The van der Waals surface area contributed by atoms with Crippen molar-refractivity contribution in [3.05, 3.63) is 63.6 Å². The highest BCUT2D eigenvalue weighted by molar-refractivity contribution is 9.10. The third-order valence-electron chi connectivity index (χ3n) is 3.58. The lowest BCUT2D eigenvalue weighted by atomic mass is 9.97. The van der Waals surface area contributed by atoms with E-state index in [4.69, 9.17) is 4.74 Å². The molecule has 0 fully saturated rings. The predicted molar refractivity (Wildman–Crippen MR) is 92.0 cm³/mol. The van der Waals surface area contributed by atoms with Crippen molar-refractivity contribution in [2.45, 2.75) is 26.3 Å². The zero-order valence-corrected chi connectivity index (χ0v) is 14.4. The van der Waals surface area contributed by atoms with Crippen LogP contribution >= 0.6 is 15.9 Å². The molecule has 0 spiro atoms. The molecular formula is C18H22BrNO. The van der Waals surface area contributed by atoms with Crippen LogP contribution in [-0.4, -0.2) is 13.7 Å². The molecule has 0 saturated carbocycles. The highest BCUT2D eigenvalue weighted by atomic mass is 79.9. The third kappa shape index (κ3) is 4.32. The molecule has 3 heteroatoms. The summed E-state index contributed by atoms with van der Waals surface area (Å²) in [5.41, 5.74) is 3.81. The summed E-state index contributed by atoms with van der Waals surface area (Å²) in [5, 5.41) is 3.56. The van der Waals surface area contributed by atoms with Crippen molar-refractivity contribution in [3.8, 4) is 5.75 Å². The predicted octanol–water partition coefficient (Wildman–Crippen LogP) is 4.66. The maximum absolute atomic E-state index is 5.52. The van der Waals surface area contributed by atoms with E-state index < -0.39 is 0 Å². The minimum atomic E-state index is 0.241. The van der Waals surface area contributed by atoms with Gasteiger partial charge in [-0.05, 0) is 43.7 Å². The van der Waals surface area contributed by atoms with Crippen molar-refractivity contribution in [3.63, 3.8) is 0 Å². The molecule has 21 heavy (non-hydrogen) atoms. The molecular weight excluding hydrogens is 326 g/mol. The first-order valence-electron chi connectivity index (χ1n) is 7.26. The number of rotatable bonds is 6. The molecule has 0 bridgehead atoms. The molecule has 1 atom stereocenters. The molecule has 2 nitrogen and oxygen atoms in total. The van der Waals surface area contributed by atoms with Gasteiger partial charge in [-0.3, -0.25) is 0 Å². The number of benzene rings is 2. The normalized spacial score (nSPS) is 12.2. The van der Waals surface area contributed by atoms with Gasteiger partial charge in [-0.2, -0.15) is 0 Å². The van der Waals surface area contributed by atoms with Gasteiger partial charge in [0, 0.05) is 16.1 Å². The highest BCUT2D eigenvalue weighted by Crippen LogP contribution is 2.30. The lowest BCUT2D eigenvalue weighted by Gasteiger charge is -2.21. The van der Waals surface area contributed by atoms with E-state index in [-0.39, 0.29) is 6.04 Å². The molecule has 2 aromatic carbocycles. The molecule has 0 saturated heterocycles. The second kappa shape index (κ2) is 7.62. The Hall–Kier alpha value is -1.32. The fourth-order valence-corrected chi connectivity index (χ4v) is 2.85. The van der Waals surface area contributed by atoms with Crippen molar-refractivity contribution in [2.24, 2.45) is 0 Å². The van der Waals surface area contributed by atoms with Crippen LogP contribution in [0.15, 0.2) is 46.9 Å². The number of hydrogen-bond acceptors (Lipinski definition) is 2. The first-order valence-corrected chi connectivity index (χ1v) is 8.05. The lowest BCUT2D eigenvalue weighted by Crippen LogP contribution is -2.23. The topological polar surface area (TPSA) is 21.3 Å². The number of nitrogens with one attached hydrogen (secondary N) is 1. The van der Waals surface area contributed by atoms with Crippen LogP contribution in [0.5, 0.6) is 5.75 Å². The molecule has 2 rings (SSSR count). The van der Waals surface area contributed by atoms with Crippen molar-refractivity contribution >= 4 is 15.9 Å². The quantitative estimate of drug-likeness (QED) is 0.820. The third-order valence-corrected chi connectivity index (χ3v) is 4.07. The number of hydrogen-bond donors (Lipinski definition) is 1. The van der Waals surface area contributed by atoms with Crippen LogP contribution in [0.2, 0.25) is 0 Å². The van der Waals surface area contributed by atoms with Gasteiger partial charge in [0.25, 0.3) is 0 Å². The summed E-state index contributed by atoms with van der Waals surface area (Å²) in [6.45, 7) is 5.17. The van der Waals surface area contributed by atoms with E-state index in [1.165, 1.54) is 16.7 Å². The van der Waals surface area contributed by atoms with Gasteiger partial charge in [0.15, 0.2) is 0 Å². The van der Waals surface area contributed by atoms with Gasteiger partial charge in [-0.1, -0.05) is 52.7 Å². The lowest BCUT2D eigenvalue weighted by molar-refractivity contribution is 0.399. The summed E-state index contributed by atoms with van der Waals surface area (Å²) in [6.07, 6.45) is 0.945. The number of likely N-dealkylation sites (N-methyl/N-ethyl adjacent to an activating group) is 1. The first kappa shape index (κ1) is 16.1. The number of halogens is 1. The summed E-state index contributed by atoms with van der Waals surface area (Å²) in [6, 6.07) is 15.1. The Kier molecular flexibility index (Phi) is 5.83. The maximum Gasteiger partial charge on any atom is 0.123 e. The SMILES string of the molecule is CCNC(Cc1ccc(C)cc1)c1cc(Br)ccc1OC.